The Bertz CT molecular complexity index is 1170. The van der Waals surface area contributed by atoms with Crippen LogP contribution in [0.3, 0.4) is 0 Å². The minimum Gasteiger partial charge on any atom is -0.380 e. The molecule has 1 saturated heterocycles. The number of benzene rings is 2. The van der Waals surface area contributed by atoms with Crippen LogP contribution in [-0.4, -0.2) is 52.2 Å². The van der Waals surface area contributed by atoms with Gasteiger partial charge in [0.25, 0.3) is 0 Å². The third kappa shape index (κ3) is 4.99. The minimum absolute atomic E-state index is 0.0282. The van der Waals surface area contributed by atoms with E-state index in [0.29, 0.717) is 28.6 Å². The highest BCUT2D eigenvalue weighted by atomic mass is 35.5. The number of methoxy groups -OCH3 is 1. The Balaban J connectivity index is 1.49. The number of rotatable bonds is 5. The van der Waals surface area contributed by atoms with Gasteiger partial charge in [0.15, 0.2) is 0 Å². The van der Waals surface area contributed by atoms with E-state index in [4.69, 9.17) is 16.3 Å². The zero-order valence-electron chi connectivity index (χ0n) is 18.1. The maximum absolute atomic E-state index is 14.8. The van der Waals surface area contributed by atoms with Crippen molar-refractivity contribution >= 4 is 34.9 Å². The number of aryl methyl sites for hydroxylation is 1. The number of carbonyl (C=O) groups is 2. The molecule has 3 aromatic rings. The van der Waals surface area contributed by atoms with E-state index in [2.05, 4.69) is 15.6 Å². The fourth-order valence-electron chi connectivity index (χ4n) is 3.79. The number of anilines is 2. The normalized spacial score (nSPS) is 17.8. The molecule has 10 heteroatoms. The highest BCUT2D eigenvalue weighted by Crippen LogP contribution is 2.25. The Morgan fingerprint density at radius 3 is 2.58 bits per heavy atom. The molecule has 1 fully saturated rings. The van der Waals surface area contributed by atoms with Gasteiger partial charge in [-0.15, -0.1) is 0 Å². The van der Waals surface area contributed by atoms with Gasteiger partial charge in [0.05, 0.1) is 11.8 Å². The van der Waals surface area contributed by atoms with Gasteiger partial charge in [-0.1, -0.05) is 11.6 Å². The number of urea groups is 1. The lowest BCUT2D eigenvalue weighted by molar-refractivity contribution is -0.119. The van der Waals surface area contributed by atoms with Crippen molar-refractivity contribution in [3.8, 4) is 5.69 Å². The second-order valence-electron chi connectivity index (χ2n) is 7.70. The van der Waals surface area contributed by atoms with Gasteiger partial charge < -0.3 is 24.8 Å². The van der Waals surface area contributed by atoms with Crippen LogP contribution >= 0.6 is 11.6 Å². The molecular weight excluding hydrogens is 449 g/mol. The number of halogens is 2. The van der Waals surface area contributed by atoms with Crippen LogP contribution in [0, 0.1) is 12.7 Å². The summed E-state index contributed by atoms with van der Waals surface area (Å²) in [5.74, 6) is -0.372. The Morgan fingerprint density at radius 2 is 1.94 bits per heavy atom. The molecule has 2 unspecified atom stereocenters. The van der Waals surface area contributed by atoms with Crippen LogP contribution in [0.4, 0.5) is 20.6 Å². The molecule has 1 aliphatic heterocycles. The maximum Gasteiger partial charge on any atom is 0.322 e. The molecule has 1 aliphatic rings. The number of hydrogen-bond acceptors (Lipinski definition) is 4. The monoisotopic (exact) mass is 471 g/mol. The number of carbonyl (C=O) groups excluding carboxylic acids is 2. The molecule has 2 aromatic carbocycles. The van der Waals surface area contributed by atoms with Crippen molar-refractivity contribution in [2.24, 2.45) is 0 Å². The summed E-state index contributed by atoms with van der Waals surface area (Å²) in [6.07, 6.45) is 3.33. The summed E-state index contributed by atoms with van der Waals surface area (Å²) in [4.78, 5) is 31.4. The Morgan fingerprint density at radius 1 is 1.18 bits per heavy atom. The molecule has 3 amide bonds. The van der Waals surface area contributed by atoms with E-state index < -0.39 is 23.8 Å². The number of amides is 3. The van der Waals surface area contributed by atoms with Gasteiger partial charge in [-0.05, 0) is 43.3 Å². The predicted octanol–water partition coefficient (Wildman–Crippen LogP) is 4.23. The first-order valence-corrected chi connectivity index (χ1v) is 10.7. The second kappa shape index (κ2) is 9.60. The zero-order chi connectivity index (χ0) is 23.5. The lowest BCUT2D eigenvalue weighted by Crippen LogP contribution is -2.45. The topological polar surface area (TPSA) is 88.5 Å². The summed E-state index contributed by atoms with van der Waals surface area (Å²) >= 11 is 5.89. The van der Waals surface area contributed by atoms with Crippen LogP contribution < -0.4 is 10.6 Å². The molecule has 33 heavy (non-hydrogen) atoms. The van der Waals surface area contributed by atoms with E-state index >= 15 is 0 Å². The smallest absolute Gasteiger partial charge is 0.322 e. The van der Waals surface area contributed by atoms with Crippen molar-refractivity contribution in [2.45, 2.75) is 25.5 Å². The van der Waals surface area contributed by atoms with Crippen LogP contribution in [0.1, 0.15) is 12.2 Å². The molecule has 4 rings (SSSR count). The largest absolute Gasteiger partial charge is 0.380 e. The Kier molecular flexibility index (Phi) is 6.62. The Labute approximate surface area is 195 Å². The molecule has 0 saturated carbocycles. The van der Waals surface area contributed by atoms with Crippen LogP contribution in [0.15, 0.2) is 54.9 Å². The van der Waals surface area contributed by atoms with Crippen LogP contribution in [0.25, 0.3) is 5.69 Å². The summed E-state index contributed by atoms with van der Waals surface area (Å²) in [7, 11) is 1.52. The standard InChI is InChI=1S/C23H23ClFN5O3/c1-14-26-9-10-29(14)17-7-8-20(19(25)11-17)28-22(31)21-12-18(33-2)13-30(21)23(32)27-16-5-3-15(24)4-6-16/h3-11,18,21H,12-13H2,1-2H3,(H,27,32)(H,28,31). The van der Waals surface area contributed by atoms with E-state index in [-0.39, 0.29) is 18.3 Å². The molecule has 2 N–H and O–H groups in total. The molecule has 0 aliphatic carbocycles. The maximum atomic E-state index is 14.8. The van der Waals surface area contributed by atoms with E-state index in [0.717, 1.165) is 0 Å². The average molecular weight is 472 g/mol. The van der Waals surface area contributed by atoms with Crippen molar-refractivity contribution in [3.05, 3.63) is 71.5 Å². The summed E-state index contributed by atoms with van der Waals surface area (Å²) in [5, 5.41) is 5.90. The second-order valence-corrected chi connectivity index (χ2v) is 8.13. The lowest BCUT2D eigenvalue weighted by Gasteiger charge is -2.24. The SMILES string of the molecule is COC1CC(C(=O)Nc2ccc(-n3ccnc3C)cc2F)N(C(=O)Nc2ccc(Cl)cc2)C1. The number of imidazole rings is 1. The lowest BCUT2D eigenvalue weighted by atomic mass is 10.1. The van der Waals surface area contributed by atoms with Gasteiger partial charge in [-0.25, -0.2) is 14.2 Å². The molecule has 0 spiro atoms. The number of likely N-dealkylation sites (tertiary alicyclic amines) is 1. The average Bonchev–Trinajstić information content (AvgIpc) is 3.43. The predicted molar refractivity (Wildman–Crippen MR) is 123 cm³/mol. The molecule has 0 bridgehead atoms. The van der Waals surface area contributed by atoms with Crippen LogP contribution in [-0.2, 0) is 9.53 Å². The van der Waals surface area contributed by atoms with E-state index in [1.807, 2.05) is 6.92 Å². The van der Waals surface area contributed by atoms with Gasteiger partial charge in [-0.3, -0.25) is 4.79 Å². The summed E-state index contributed by atoms with van der Waals surface area (Å²) < 4.78 is 21.9. The molecule has 2 atom stereocenters. The van der Waals surface area contributed by atoms with Crippen molar-refractivity contribution in [1.29, 1.82) is 0 Å². The molecule has 0 radical (unpaired) electrons. The Hall–Kier alpha value is -3.43. The molecule has 2 heterocycles. The third-order valence-corrected chi connectivity index (χ3v) is 5.82. The molecular formula is C23H23ClFN5O3. The highest BCUT2D eigenvalue weighted by Gasteiger charge is 2.40. The first-order valence-electron chi connectivity index (χ1n) is 10.3. The number of ether oxygens (including phenoxy) is 1. The molecule has 172 valence electrons. The van der Waals surface area contributed by atoms with Crippen LogP contribution in [0.5, 0.6) is 0 Å². The van der Waals surface area contributed by atoms with E-state index in [1.54, 1.807) is 47.3 Å². The quantitative estimate of drug-likeness (QED) is 0.582. The van der Waals surface area contributed by atoms with E-state index in [9.17, 15) is 14.0 Å². The van der Waals surface area contributed by atoms with Crippen molar-refractivity contribution in [3.63, 3.8) is 0 Å². The first kappa shape index (κ1) is 22.8. The van der Waals surface area contributed by atoms with Crippen molar-refractivity contribution in [2.75, 3.05) is 24.3 Å². The van der Waals surface area contributed by atoms with Crippen molar-refractivity contribution in [1.82, 2.24) is 14.5 Å². The number of nitrogens with one attached hydrogen (secondary N) is 2. The fourth-order valence-corrected chi connectivity index (χ4v) is 3.92. The van der Waals surface area contributed by atoms with E-state index in [1.165, 1.54) is 24.1 Å². The number of aromatic nitrogens is 2. The van der Waals surface area contributed by atoms with Crippen LogP contribution in [0.2, 0.25) is 5.02 Å². The van der Waals surface area contributed by atoms with Gasteiger partial charge in [-0.2, -0.15) is 0 Å². The zero-order valence-corrected chi connectivity index (χ0v) is 18.8. The number of nitrogens with zero attached hydrogens (tertiary/aromatic N) is 3. The van der Waals surface area contributed by atoms with Gasteiger partial charge in [0.2, 0.25) is 5.91 Å². The van der Waals surface area contributed by atoms with Gasteiger partial charge in [0.1, 0.15) is 17.7 Å². The minimum atomic E-state index is -0.822. The summed E-state index contributed by atoms with van der Waals surface area (Å²) in [5.41, 5.74) is 1.16. The molecule has 1 aromatic heterocycles. The van der Waals surface area contributed by atoms with Gasteiger partial charge in [0, 0.05) is 54.9 Å². The summed E-state index contributed by atoms with van der Waals surface area (Å²) in [6.45, 7) is 2.04. The van der Waals surface area contributed by atoms with Gasteiger partial charge >= 0.3 is 6.03 Å². The number of hydrogen-bond donors (Lipinski definition) is 2. The fraction of sp³-hybridized carbons (Fsp3) is 0.261. The van der Waals surface area contributed by atoms with Crippen molar-refractivity contribution < 1.29 is 18.7 Å². The first-order chi connectivity index (χ1) is 15.9. The third-order valence-electron chi connectivity index (χ3n) is 5.57. The summed E-state index contributed by atoms with van der Waals surface area (Å²) in [6, 6.07) is 9.86. The highest BCUT2D eigenvalue weighted by molar-refractivity contribution is 6.30. The molecule has 8 nitrogen and oxygen atoms in total.